The molecule has 0 bridgehead atoms. The van der Waals surface area contributed by atoms with Crippen LogP contribution in [0.15, 0.2) is 24.4 Å². The van der Waals surface area contributed by atoms with Gasteiger partial charge in [-0.3, -0.25) is 9.58 Å². The molecular weight excluding hydrogens is 540 g/mol. The second-order valence-electron chi connectivity index (χ2n) is 12.3. The van der Waals surface area contributed by atoms with Gasteiger partial charge in [0.25, 0.3) is 0 Å². The fourth-order valence-electron chi connectivity index (χ4n) is 7.75. The molecule has 4 aliphatic heterocycles. The van der Waals surface area contributed by atoms with Crippen molar-refractivity contribution in [3.8, 4) is 22.9 Å². The first-order valence-electron chi connectivity index (χ1n) is 15.0. The van der Waals surface area contributed by atoms with Crippen LogP contribution < -0.4 is 19.7 Å². The summed E-state index contributed by atoms with van der Waals surface area (Å²) in [6.45, 7) is 6.34. The minimum atomic E-state index is -0.862. The van der Waals surface area contributed by atoms with Gasteiger partial charge in [0.1, 0.15) is 36.5 Å². The van der Waals surface area contributed by atoms with Crippen molar-refractivity contribution in [2.24, 2.45) is 7.05 Å². The van der Waals surface area contributed by atoms with Gasteiger partial charge in [0.05, 0.1) is 29.2 Å². The lowest BCUT2D eigenvalue weighted by molar-refractivity contribution is 0.107. The van der Waals surface area contributed by atoms with Gasteiger partial charge >= 0.3 is 6.01 Å². The van der Waals surface area contributed by atoms with E-state index in [1.54, 1.807) is 16.9 Å². The summed E-state index contributed by atoms with van der Waals surface area (Å²) in [5, 5.41) is 9.37. The Morgan fingerprint density at radius 1 is 1.24 bits per heavy atom. The molecule has 11 heteroatoms. The number of benzene rings is 2. The highest BCUT2D eigenvalue weighted by Gasteiger charge is 2.49. The predicted molar refractivity (Wildman–Crippen MR) is 157 cm³/mol. The molecular formula is C31H35F2N7O2. The molecule has 1 N–H and O–H groups in total. The van der Waals surface area contributed by atoms with E-state index in [-0.39, 0.29) is 29.7 Å². The van der Waals surface area contributed by atoms with E-state index in [4.69, 9.17) is 19.4 Å². The van der Waals surface area contributed by atoms with Gasteiger partial charge in [-0.1, -0.05) is 12.1 Å². The van der Waals surface area contributed by atoms with Gasteiger partial charge in [-0.05, 0) is 50.9 Å². The highest BCUT2D eigenvalue weighted by molar-refractivity contribution is 6.03. The van der Waals surface area contributed by atoms with Crippen molar-refractivity contribution in [2.75, 3.05) is 50.8 Å². The third-order valence-electron chi connectivity index (χ3n) is 9.78. The van der Waals surface area contributed by atoms with Crippen molar-refractivity contribution in [3.63, 3.8) is 0 Å². The number of hydrogen-bond donors (Lipinski definition) is 1. The smallest absolute Gasteiger partial charge is 0.319 e. The summed E-state index contributed by atoms with van der Waals surface area (Å²) in [7, 11) is 1.87. The summed E-state index contributed by atoms with van der Waals surface area (Å²) in [5.41, 5.74) is 2.76. The van der Waals surface area contributed by atoms with Crippen LogP contribution >= 0.6 is 0 Å². The van der Waals surface area contributed by atoms with Gasteiger partial charge in [0, 0.05) is 49.1 Å². The molecule has 0 radical (unpaired) electrons. The molecule has 3 fully saturated rings. The van der Waals surface area contributed by atoms with Crippen LogP contribution in [0.1, 0.15) is 31.2 Å². The molecule has 9 nitrogen and oxygen atoms in total. The second-order valence-corrected chi connectivity index (χ2v) is 12.3. The van der Waals surface area contributed by atoms with Gasteiger partial charge in [-0.15, -0.1) is 0 Å². The van der Waals surface area contributed by atoms with Crippen molar-refractivity contribution in [2.45, 2.75) is 50.4 Å². The fourth-order valence-corrected chi connectivity index (χ4v) is 7.75. The number of nitrogens with one attached hydrogen (secondary N) is 1. The molecule has 0 amide bonds. The number of alkyl halides is 1. The Morgan fingerprint density at radius 3 is 3.00 bits per heavy atom. The van der Waals surface area contributed by atoms with Gasteiger partial charge < -0.3 is 19.7 Å². The molecule has 4 aliphatic rings. The van der Waals surface area contributed by atoms with Crippen LogP contribution in [0.3, 0.4) is 0 Å². The highest BCUT2D eigenvalue weighted by atomic mass is 19.1. The quantitative estimate of drug-likeness (QED) is 0.380. The third kappa shape index (κ3) is 3.96. The van der Waals surface area contributed by atoms with Crippen molar-refractivity contribution < 1.29 is 18.3 Å². The molecule has 4 aromatic rings. The first kappa shape index (κ1) is 26.1. The molecule has 3 saturated heterocycles. The Morgan fingerprint density at radius 2 is 2.14 bits per heavy atom. The third-order valence-corrected chi connectivity index (χ3v) is 9.78. The van der Waals surface area contributed by atoms with Crippen LogP contribution in [0, 0.1) is 12.7 Å². The Bertz CT molecular complexity index is 1700. The molecule has 0 spiro atoms. The molecule has 6 heterocycles. The SMILES string of the molecule is Cc1ccc2cnn(C)c2c1-c1cc2c3c(nc(OC[C@@]45CCCN4C[C@H](F)C5)nc3c1F)N(C1CCNC1)CCO2. The number of aromatic nitrogens is 4. The van der Waals surface area contributed by atoms with Crippen LogP contribution in [0.5, 0.6) is 11.8 Å². The van der Waals surface area contributed by atoms with Crippen LogP contribution in [0.4, 0.5) is 14.6 Å². The molecule has 42 heavy (non-hydrogen) atoms. The number of hydrogen-bond acceptors (Lipinski definition) is 8. The van der Waals surface area contributed by atoms with Crippen molar-refractivity contribution >= 4 is 27.6 Å². The molecule has 0 aliphatic carbocycles. The lowest BCUT2D eigenvalue weighted by atomic mass is 9.95. The van der Waals surface area contributed by atoms with Crippen molar-refractivity contribution in [1.82, 2.24) is 30.0 Å². The Labute approximate surface area is 242 Å². The van der Waals surface area contributed by atoms with Crippen LogP contribution in [-0.4, -0.2) is 88.3 Å². The lowest BCUT2D eigenvalue weighted by Gasteiger charge is -2.31. The van der Waals surface area contributed by atoms with E-state index < -0.39 is 12.0 Å². The fraction of sp³-hybridized carbons (Fsp3) is 0.516. The van der Waals surface area contributed by atoms with Gasteiger partial charge in [0.15, 0.2) is 5.82 Å². The minimum absolute atomic E-state index is 0.122. The van der Waals surface area contributed by atoms with E-state index in [2.05, 4.69) is 20.2 Å². The van der Waals surface area contributed by atoms with Crippen LogP contribution in [0.2, 0.25) is 0 Å². The zero-order valence-electron chi connectivity index (χ0n) is 24.0. The van der Waals surface area contributed by atoms with Gasteiger partial charge in [0.2, 0.25) is 0 Å². The predicted octanol–water partition coefficient (Wildman–Crippen LogP) is 4.15. The topological polar surface area (TPSA) is 80.6 Å². The Hall–Kier alpha value is -3.57. The van der Waals surface area contributed by atoms with Gasteiger partial charge in [-0.2, -0.15) is 15.1 Å². The van der Waals surface area contributed by atoms with E-state index in [1.807, 2.05) is 26.1 Å². The number of aryl methyl sites for hydroxylation is 2. The number of nitrogens with zero attached hydrogens (tertiary/aromatic N) is 6. The van der Waals surface area contributed by atoms with Crippen LogP contribution in [0.25, 0.3) is 32.9 Å². The van der Waals surface area contributed by atoms with Crippen LogP contribution in [-0.2, 0) is 7.05 Å². The summed E-state index contributed by atoms with van der Waals surface area (Å²) in [6, 6.07) is 6.11. The number of ether oxygens (including phenoxy) is 2. The average molecular weight is 576 g/mol. The molecule has 0 saturated carbocycles. The largest absolute Gasteiger partial charge is 0.491 e. The molecule has 220 valence electrons. The standard InChI is InChI=1S/C31H35F2N7O2/c1-18-4-5-19-14-35-38(2)28(19)24(18)22-12-23-25-27(26(22)33)36-30(42-17-31-7-3-9-39(31)16-20(32)13-31)37-29(25)40(10-11-41-23)21-6-8-34-15-21/h4-5,12,14,20-21,34H,3,6-11,13,15-17H2,1-2H3/t20-,21?,31+/m1/s1. The highest BCUT2D eigenvalue weighted by Crippen LogP contribution is 2.45. The summed E-state index contributed by atoms with van der Waals surface area (Å²) < 4.78 is 45.8. The second kappa shape index (κ2) is 9.74. The van der Waals surface area contributed by atoms with E-state index >= 15 is 4.39 Å². The van der Waals surface area contributed by atoms with E-state index in [0.717, 1.165) is 60.9 Å². The summed E-state index contributed by atoms with van der Waals surface area (Å²) in [4.78, 5) is 14.0. The zero-order valence-corrected chi connectivity index (χ0v) is 24.0. The summed E-state index contributed by atoms with van der Waals surface area (Å²) in [6.07, 6.45) is 4.21. The van der Waals surface area contributed by atoms with Crippen molar-refractivity contribution in [1.29, 1.82) is 0 Å². The van der Waals surface area contributed by atoms with Gasteiger partial charge in [-0.25, -0.2) is 8.78 Å². The maximum absolute atomic E-state index is 16.9. The molecule has 2 aromatic carbocycles. The van der Waals surface area contributed by atoms with E-state index in [9.17, 15) is 4.39 Å². The first-order valence-corrected chi connectivity index (χ1v) is 15.0. The van der Waals surface area contributed by atoms with E-state index in [1.165, 1.54) is 0 Å². The molecule has 1 unspecified atom stereocenters. The maximum Gasteiger partial charge on any atom is 0.319 e. The molecule has 3 atom stereocenters. The first-order chi connectivity index (χ1) is 20.4. The Kier molecular flexibility index (Phi) is 6.05. The number of rotatable bonds is 5. The van der Waals surface area contributed by atoms with E-state index in [0.29, 0.717) is 48.6 Å². The number of anilines is 1. The zero-order chi connectivity index (χ0) is 28.6. The summed E-state index contributed by atoms with van der Waals surface area (Å²) >= 11 is 0. The lowest BCUT2D eigenvalue weighted by Crippen LogP contribution is -2.43. The maximum atomic E-state index is 16.9. The monoisotopic (exact) mass is 575 g/mol. The van der Waals surface area contributed by atoms with Crippen molar-refractivity contribution in [3.05, 3.63) is 35.8 Å². The molecule has 8 rings (SSSR count). The Balaban J connectivity index is 1.31. The normalized spacial score (nSPS) is 25.8. The molecule has 2 aromatic heterocycles. The number of fused-ring (bicyclic) bond motifs is 2. The minimum Gasteiger partial charge on any atom is -0.491 e. The average Bonchev–Trinajstić information content (AvgIpc) is 3.75. The summed E-state index contributed by atoms with van der Waals surface area (Å²) in [5.74, 6) is 0.749. The number of halogens is 2.